The second kappa shape index (κ2) is 12.1. The molecule has 4 rings (SSSR count). The van der Waals surface area contributed by atoms with Crippen LogP contribution < -0.4 is 4.31 Å². The molecule has 0 fully saturated rings. The molecule has 9 nitrogen and oxygen atoms in total. The summed E-state index contributed by atoms with van der Waals surface area (Å²) in [6.07, 6.45) is 6.13. The summed E-state index contributed by atoms with van der Waals surface area (Å²) in [5, 5.41) is 19.7. The molecule has 1 aromatic carbocycles. The van der Waals surface area contributed by atoms with Gasteiger partial charge in [0.25, 0.3) is 0 Å². The van der Waals surface area contributed by atoms with Crippen LogP contribution in [-0.2, 0) is 21.2 Å². The third kappa shape index (κ3) is 6.83. The minimum absolute atomic E-state index is 0.122. The molecule has 0 saturated heterocycles. The van der Waals surface area contributed by atoms with Crippen LogP contribution in [0.15, 0.2) is 65.0 Å². The topological polar surface area (TPSA) is 111 Å². The fourth-order valence-electron chi connectivity index (χ4n) is 4.40. The third-order valence-corrected chi connectivity index (χ3v) is 10.3. The van der Waals surface area contributed by atoms with E-state index in [0.717, 1.165) is 11.6 Å². The van der Waals surface area contributed by atoms with Gasteiger partial charge >= 0.3 is 0 Å². The van der Waals surface area contributed by atoms with Crippen LogP contribution in [0.3, 0.4) is 0 Å². The van der Waals surface area contributed by atoms with Crippen molar-refractivity contribution in [1.29, 1.82) is 0 Å². The number of halogens is 1. The van der Waals surface area contributed by atoms with Gasteiger partial charge in [0, 0.05) is 25.6 Å². The number of ether oxygens (including phenoxy) is 1. The number of rotatable bonds is 12. The third-order valence-electron chi connectivity index (χ3n) is 6.58. The molecule has 1 atom stereocenters. The van der Waals surface area contributed by atoms with E-state index in [9.17, 15) is 13.5 Å². The Morgan fingerprint density at radius 2 is 1.95 bits per heavy atom. The van der Waals surface area contributed by atoms with E-state index in [4.69, 9.17) is 20.8 Å². The van der Waals surface area contributed by atoms with Gasteiger partial charge in [0.05, 0.1) is 31.4 Å². The maximum absolute atomic E-state index is 14.0. The minimum Gasteiger partial charge on any atom is -0.495 e. The van der Waals surface area contributed by atoms with Gasteiger partial charge in [-0.2, -0.15) is 0 Å². The van der Waals surface area contributed by atoms with E-state index in [2.05, 4.69) is 29.8 Å². The highest BCUT2D eigenvalue weighted by Crippen LogP contribution is 2.37. The molecule has 12 heteroatoms. The first kappa shape index (κ1) is 29.1. The van der Waals surface area contributed by atoms with E-state index >= 15 is 0 Å². The zero-order valence-electron chi connectivity index (χ0n) is 22.7. The summed E-state index contributed by atoms with van der Waals surface area (Å²) >= 11 is 6.01. The Morgan fingerprint density at radius 1 is 1.21 bits per heavy atom. The molecule has 1 aliphatic carbocycles. The molecular formula is C27H35ClN4O5SSi. The zero-order valence-corrected chi connectivity index (χ0v) is 25.2. The smallest absolute Gasteiger partial charge is 0.245 e. The number of nitrogens with zero attached hydrogens (tertiary/aromatic N) is 4. The van der Waals surface area contributed by atoms with Crippen LogP contribution in [0.2, 0.25) is 30.7 Å². The number of sulfonamides is 1. The molecule has 1 aliphatic rings. The summed E-state index contributed by atoms with van der Waals surface area (Å²) < 4.78 is 42.4. The van der Waals surface area contributed by atoms with E-state index in [1.54, 1.807) is 35.9 Å². The van der Waals surface area contributed by atoms with Crippen molar-refractivity contribution in [3.05, 3.63) is 71.2 Å². The lowest BCUT2D eigenvalue weighted by Crippen LogP contribution is -2.39. The van der Waals surface area contributed by atoms with Crippen molar-refractivity contribution in [2.24, 2.45) is 5.92 Å². The van der Waals surface area contributed by atoms with Crippen molar-refractivity contribution in [3.63, 3.8) is 0 Å². The summed E-state index contributed by atoms with van der Waals surface area (Å²) in [5.41, 5.74) is 1.45. The highest BCUT2D eigenvalue weighted by atomic mass is 35.5. The highest BCUT2D eigenvalue weighted by Gasteiger charge is 2.35. The fraction of sp³-hybridized carbons (Fsp3) is 0.407. The van der Waals surface area contributed by atoms with E-state index in [1.807, 2.05) is 24.3 Å². The Bertz CT molecular complexity index is 1430. The van der Waals surface area contributed by atoms with E-state index < -0.39 is 18.1 Å². The molecule has 0 unspecified atom stereocenters. The summed E-state index contributed by atoms with van der Waals surface area (Å²) in [4.78, 5) is 0. The molecule has 3 aromatic rings. The minimum atomic E-state index is -3.85. The SMILES string of the molecule is COC1=C(n2c(-c3ccco3)nnc2N(CC[Si](C)(C)C)S(=O)(=O)CCc2ccc(Cl)cc2)[C@@H](CO)CC=C1. The number of aliphatic hydroxyl groups excluding tert-OH is 1. The molecule has 0 spiro atoms. The number of hydrogen-bond acceptors (Lipinski definition) is 7. The second-order valence-corrected chi connectivity index (χ2v) is 18.8. The lowest BCUT2D eigenvalue weighted by atomic mass is 9.96. The number of aliphatic hydroxyl groups is 1. The molecule has 0 radical (unpaired) electrons. The molecule has 0 aliphatic heterocycles. The van der Waals surface area contributed by atoms with Crippen LogP contribution >= 0.6 is 11.6 Å². The lowest BCUT2D eigenvalue weighted by molar-refractivity contribution is 0.244. The van der Waals surface area contributed by atoms with Crippen molar-refractivity contribution in [3.8, 4) is 11.6 Å². The average molecular weight is 591 g/mol. The van der Waals surface area contributed by atoms with Crippen molar-refractivity contribution in [2.75, 3.05) is 30.3 Å². The van der Waals surface area contributed by atoms with E-state index in [0.29, 0.717) is 40.9 Å². The first-order valence-electron chi connectivity index (χ1n) is 12.8. The summed E-state index contributed by atoms with van der Waals surface area (Å²) in [6.45, 7) is 6.68. The number of benzene rings is 1. The van der Waals surface area contributed by atoms with Crippen molar-refractivity contribution < 1.29 is 22.7 Å². The lowest BCUT2D eigenvalue weighted by Gasteiger charge is -2.30. The number of furan rings is 1. The molecule has 2 aromatic heterocycles. The molecule has 1 N–H and O–H groups in total. The number of aromatic nitrogens is 3. The first-order valence-corrected chi connectivity index (χ1v) is 18.5. The number of allylic oxidation sites excluding steroid dienone is 2. The standard InChI is InChI=1S/C27H35ClN4O5SSi/c1-36-23-8-5-7-21(19-33)25(23)32-26(24-9-6-16-37-24)29-30-27(32)31(15-18-39(2,3)4)38(34,35)17-14-20-10-12-22(28)13-11-20/h5-6,8-13,16,21,33H,7,14-15,17-19H2,1-4H3/t21-/m1/s1. The maximum Gasteiger partial charge on any atom is 0.245 e. The normalized spacial score (nSPS) is 16.1. The van der Waals surface area contributed by atoms with Crippen molar-refractivity contribution in [1.82, 2.24) is 14.8 Å². The van der Waals surface area contributed by atoms with Crippen LogP contribution in [0, 0.1) is 5.92 Å². The highest BCUT2D eigenvalue weighted by molar-refractivity contribution is 7.92. The fourth-order valence-corrected chi connectivity index (χ4v) is 7.03. The van der Waals surface area contributed by atoms with Gasteiger partial charge in [-0.05, 0) is 54.8 Å². The summed E-state index contributed by atoms with van der Waals surface area (Å²) in [6, 6.07) is 11.4. The molecule has 39 heavy (non-hydrogen) atoms. The molecule has 2 heterocycles. The summed E-state index contributed by atoms with van der Waals surface area (Å²) in [5.74, 6) is 0.921. The quantitative estimate of drug-likeness (QED) is 0.285. The van der Waals surface area contributed by atoms with Crippen LogP contribution in [0.4, 0.5) is 5.95 Å². The zero-order chi connectivity index (χ0) is 28.2. The van der Waals surface area contributed by atoms with Gasteiger partial charge in [-0.1, -0.05) is 49.5 Å². The molecular weight excluding hydrogens is 556 g/mol. The number of methoxy groups -OCH3 is 1. The maximum atomic E-state index is 14.0. The molecule has 0 bridgehead atoms. The van der Waals surface area contributed by atoms with Crippen LogP contribution in [0.5, 0.6) is 0 Å². The van der Waals surface area contributed by atoms with Crippen LogP contribution in [0.25, 0.3) is 17.3 Å². The Kier molecular flexibility index (Phi) is 9.05. The predicted molar refractivity (Wildman–Crippen MR) is 157 cm³/mol. The van der Waals surface area contributed by atoms with Crippen molar-refractivity contribution in [2.45, 2.75) is 38.5 Å². The van der Waals surface area contributed by atoms with Crippen LogP contribution in [-0.4, -0.2) is 62.4 Å². The monoisotopic (exact) mass is 590 g/mol. The van der Waals surface area contributed by atoms with Gasteiger partial charge in [0.1, 0.15) is 5.76 Å². The number of hydrogen-bond donors (Lipinski definition) is 1. The Labute approximate surface area is 235 Å². The molecule has 0 amide bonds. The average Bonchev–Trinajstić information content (AvgIpc) is 3.57. The first-order chi connectivity index (χ1) is 18.5. The Morgan fingerprint density at radius 3 is 2.56 bits per heavy atom. The van der Waals surface area contributed by atoms with E-state index in [1.165, 1.54) is 10.6 Å². The van der Waals surface area contributed by atoms with Gasteiger partial charge in [0.15, 0.2) is 5.76 Å². The Hall–Kier alpha value is -2.86. The van der Waals surface area contributed by atoms with Crippen LogP contribution in [0.1, 0.15) is 12.0 Å². The molecule has 0 saturated carbocycles. The van der Waals surface area contributed by atoms with Crippen molar-refractivity contribution >= 4 is 41.3 Å². The van der Waals surface area contributed by atoms with E-state index in [-0.39, 0.29) is 30.8 Å². The van der Waals surface area contributed by atoms with Gasteiger partial charge in [-0.25, -0.2) is 12.7 Å². The summed E-state index contributed by atoms with van der Waals surface area (Å²) in [7, 11) is -3.96. The largest absolute Gasteiger partial charge is 0.495 e. The predicted octanol–water partition coefficient (Wildman–Crippen LogP) is 5.29. The van der Waals surface area contributed by atoms with Gasteiger partial charge in [-0.15, -0.1) is 10.2 Å². The number of aryl methyl sites for hydroxylation is 1. The molecule has 210 valence electrons. The number of anilines is 1. The second-order valence-electron chi connectivity index (χ2n) is 10.7. The Balaban J connectivity index is 1.86. The van der Waals surface area contributed by atoms with Gasteiger partial charge < -0.3 is 14.3 Å². The van der Waals surface area contributed by atoms with Gasteiger partial charge in [0.2, 0.25) is 21.8 Å². The van der Waals surface area contributed by atoms with Gasteiger partial charge in [-0.3, -0.25) is 4.57 Å².